The van der Waals surface area contributed by atoms with Crippen molar-refractivity contribution < 1.29 is 4.74 Å². The molecule has 1 fully saturated rings. The highest BCUT2D eigenvalue weighted by Crippen LogP contribution is 2.28. The number of hydrogen-bond acceptors (Lipinski definition) is 2. The molecular formula is C15H29N3O. The van der Waals surface area contributed by atoms with Gasteiger partial charge in [-0.15, -0.1) is 0 Å². The molecule has 1 rings (SSSR count). The quantitative estimate of drug-likeness (QED) is 0.240. The van der Waals surface area contributed by atoms with Crippen LogP contribution in [0.25, 0.3) is 10.4 Å². The van der Waals surface area contributed by atoms with Crippen molar-refractivity contribution in [2.75, 3.05) is 0 Å². The largest absolute Gasteiger partial charge is 0.375 e. The lowest BCUT2D eigenvalue weighted by Crippen LogP contribution is -2.34. The Labute approximate surface area is 117 Å². The van der Waals surface area contributed by atoms with Crippen molar-refractivity contribution in [1.82, 2.24) is 0 Å². The van der Waals surface area contributed by atoms with Gasteiger partial charge in [0.05, 0.1) is 12.2 Å². The van der Waals surface area contributed by atoms with Crippen molar-refractivity contribution in [3.05, 3.63) is 10.4 Å². The zero-order chi connectivity index (χ0) is 13.9. The molecule has 0 bridgehead atoms. The van der Waals surface area contributed by atoms with Gasteiger partial charge < -0.3 is 4.74 Å². The second-order valence-corrected chi connectivity index (χ2v) is 5.70. The summed E-state index contributed by atoms with van der Waals surface area (Å²) in [6.07, 6.45) is 12.2. The Morgan fingerprint density at radius 1 is 1.00 bits per heavy atom. The van der Waals surface area contributed by atoms with E-state index in [4.69, 9.17) is 10.3 Å². The van der Waals surface area contributed by atoms with E-state index >= 15 is 0 Å². The number of unbranched alkanes of at least 4 members (excludes halogenated alkanes) is 4. The Morgan fingerprint density at radius 2 is 1.53 bits per heavy atom. The number of azide groups is 1. The molecule has 0 aromatic rings. The molecule has 1 unspecified atom stereocenters. The van der Waals surface area contributed by atoms with Crippen LogP contribution in [0.3, 0.4) is 0 Å². The third-order valence-electron chi connectivity index (χ3n) is 3.93. The number of hydrogen-bond donors (Lipinski definition) is 0. The average Bonchev–Trinajstić information content (AvgIpc) is 2.40. The zero-order valence-electron chi connectivity index (χ0n) is 12.6. The molecular weight excluding hydrogens is 238 g/mol. The summed E-state index contributed by atoms with van der Waals surface area (Å²) in [5, 5.41) is 3.94. The molecule has 0 N–H and O–H groups in total. The van der Waals surface area contributed by atoms with Gasteiger partial charge in [0, 0.05) is 11.0 Å². The molecule has 1 saturated heterocycles. The summed E-state index contributed by atoms with van der Waals surface area (Å²) in [7, 11) is 0. The second-order valence-electron chi connectivity index (χ2n) is 5.70. The summed E-state index contributed by atoms with van der Waals surface area (Å²) in [5.74, 6) is 0. The Morgan fingerprint density at radius 3 is 1.95 bits per heavy atom. The molecule has 3 atom stereocenters. The van der Waals surface area contributed by atoms with Gasteiger partial charge in [0.25, 0.3) is 0 Å². The molecule has 0 saturated carbocycles. The Hall–Kier alpha value is -0.730. The molecule has 0 aliphatic carbocycles. The molecule has 1 heterocycles. The molecule has 19 heavy (non-hydrogen) atoms. The first kappa shape index (κ1) is 16.3. The van der Waals surface area contributed by atoms with Crippen LogP contribution in [0, 0.1) is 0 Å². The highest BCUT2D eigenvalue weighted by molar-refractivity contribution is 4.82. The van der Waals surface area contributed by atoms with Gasteiger partial charge >= 0.3 is 0 Å². The molecule has 0 aromatic carbocycles. The predicted molar refractivity (Wildman–Crippen MR) is 79.1 cm³/mol. The molecule has 110 valence electrons. The van der Waals surface area contributed by atoms with Gasteiger partial charge in [-0.05, 0) is 31.2 Å². The van der Waals surface area contributed by atoms with E-state index in [2.05, 4.69) is 23.9 Å². The van der Waals surface area contributed by atoms with E-state index in [0.29, 0.717) is 12.2 Å². The first-order valence-corrected chi connectivity index (χ1v) is 7.99. The molecule has 0 aromatic heterocycles. The predicted octanol–water partition coefficient (Wildman–Crippen LogP) is 5.37. The highest BCUT2D eigenvalue weighted by Gasteiger charge is 2.28. The SMILES string of the molecule is CCCCC[C@@H]1CC(N=[N+]=[N-])C[C@H](CCCCC)O1. The maximum Gasteiger partial charge on any atom is 0.0582 e. The van der Waals surface area contributed by atoms with Gasteiger partial charge in [-0.2, -0.15) is 0 Å². The maximum absolute atomic E-state index is 8.64. The zero-order valence-corrected chi connectivity index (χ0v) is 12.6. The van der Waals surface area contributed by atoms with Crippen LogP contribution in [0.2, 0.25) is 0 Å². The van der Waals surface area contributed by atoms with Crippen LogP contribution in [0.1, 0.15) is 78.1 Å². The van der Waals surface area contributed by atoms with Gasteiger partial charge in [-0.3, -0.25) is 0 Å². The number of rotatable bonds is 9. The minimum absolute atomic E-state index is 0.150. The van der Waals surface area contributed by atoms with Crippen LogP contribution < -0.4 is 0 Å². The molecule has 4 nitrogen and oxygen atoms in total. The molecule has 0 spiro atoms. The fourth-order valence-corrected chi connectivity index (χ4v) is 2.87. The lowest BCUT2D eigenvalue weighted by Gasteiger charge is -2.34. The van der Waals surface area contributed by atoms with Crippen molar-refractivity contribution >= 4 is 0 Å². The minimum Gasteiger partial charge on any atom is -0.375 e. The fraction of sp³-hybridized carbons (Fsp3) is 1.00. The summed E-state index contributed by atoms with van der Waals surface area (Å²) < 4.78 is 6.17. The van der Waals surface area contributed by atoms with Crippen LogP contribution in [-0.2, 0) is 4.74 Å². The van der Waals surface area contributed by atoms with Crippen LogP contribution >= 0.6 is 0 Å². The van der Waals surface area contributed by atoms with Crippen molar-refractivity contribution in [1.29, 1.82) is 0 Å². The Balaban J connectivity index is 2.40. The molecule has 4 heteroatoms. The van der Waals surface area contributed by atoms with E-state index in [1.807, 2.05) is 0 Å². The fourth-order valence-electron chi connectivity index (χ4n) is 2.87. The summed E-state index contributed by atoms with van der Waals surface area (Å²) in [6.45, 7) is 4.44. The Kier molecular flexibility index (Phi) is 8.68. The topological polar surface area (TPSA) is 58.0 Å². The van der Waals surface area contributed by atoms with Crippen LogP contribution in [0.4, 0.5) is 0 Å². The monoisotopic (exact) mass is 267 g/mol. The second kappa shape index (κ2) is 10.1. The van der Waals surface area contributed by atoms with Crippen LogP contribution in [0.15, 0.2) is 5.11 Å². The van der Waals surface area contributed by atoms with Crippen molar-refractivity contribution in [2.24, 2.45) is 5.11 Å². The third kappa shape index (κ3) is 6.84. The molecule has 0 radical (unpaired) electrons. The van der Waals surface area contributed by atoms with Crippen molar-refractivity contribution in [3.63, 3.8) is 0 Å². The van der Waals surface area contributed by atoms with Crippen LogP contribution in [-0.4, -0.2) is 18.2 Å². The minimum atomic E-state index is 0.150. The van der Waals surface area contributed by atoms with E-state index in [-0.39, 0.29) is 6.04 Å². The summed E-state index contributed by atoms with van der Waals surface area (Å²) >= 11 is 0. The van der Waals surface area contributed by atoms with Gasteiger partial charge in [-0.25, -0.2) is 0 Å². The standard InChI is InChI=1S/C15H29N3O/c1-3-5-7-9-14-11-13(17-18-16)12-15(19-14)10-8-6-4-2/h13-15H,3-12H2,1-2H3/t13?,14-,15+. The maximum atomic E-state index is 8.64. The van der Waals surface area contributed by atoms with E-state index < -0.39 is 0 Å². The van der Waals surface area contributed by atoms with E-state index in [1.165, 1.54) is 38.5 Å². The average molecular weight is 267 g/mol. The first-order valence-electron chi connectivity index (χ1n) is 7.99. The third-order valence-corrected chi connectivity index (χ3v) is 3.93. The van der Waals surface area contributed by atoms with Crippen molar-refractivity contribution in [3.8, 4) is 0 Å². The summed E-state index contributed by atoms with van der Waals surface area (Å²) in [4.78, 5) is 2.99. The number of ether oxygens (including phenoxy) is 1. The van der Waals surface area contributed by atoms with E-state index in [0.717, 1.165) is 25.7 Å². The smallest absolute Gasteiger partial charge is 0.0582 e. The van der Waals surface area contributed by atoms with E-state index in [9.17, 15) is 0 Å². The van der Waals surface area contributed by atoms with E-state index in [1.54, 1.807) is 0 Å². The molecule has 1 aliphatic rings. The van der Waals surface area contributed by atoms with Gasteiger partial charge in [-0.1, -0.05) is 57.5 Å². The molecule has 1 aliphatic heterocycles. The van der Waals surface area contributed by atoms with Gasteiger partial charge in [0.2, 0.25) is 0 Å². The lowest BCUT2D eigenvalue weighted by atomic mass is 9.93. The lowest BCUT2D eigenvalue weighted by molar-refractivity contribution is -0.0643. The number of nitrogens with zero attached hydrogens (tertiary/aromatic N) is 3. The highest BCUT2D eigenvalue weighted by atomic mass is 16.5. The van der Waals surface area contributed by atoms with Gasteiger partial charge in [0.1, 0.15) is 0 Å². The summed E-state index contributed by atoms with van der Waals surface area (Å²) in [6, 6.07) is 0.150. The normalized spacial score (nSPS) is 26.9. The first-order chi connectivity index (χ1) is 9.30. The van der Waals surface area contributed by atoms with Crippen molar-refractivity contribution in [2.45, 2.75) is 96.3 Å². The Bertz CT molecular complexity index is 259. The summed E-state index contributed by atoms with van der Waals surface area (Å²) in [5.41, 5.74) is 8.64. The van der Waals surface area contributed by atoms with Gasteiger partial charge in [0.15, 0.2) is 0 Å². The van der Waals surface area contributed by atoms with Crippen LogP contribution in [0.5, 0.6) is 0 Å². The molecule has 0 amide bonds.